The summed E-state index contributed by atoms with van der Waals surface area (Å²) < 4.78 is 0. The first-order valence-corrected chi connectivity index (χ1v) is 6.45. The SMILES string of the molecule is Cc1ncsc1CNC[C@@H]1CNC[C@H]1C. The average Bonchev–Trinajstić information content (AvgIpc) is 2.78. The van der Waals surface area contributed by atoms with Gasteiger partial charge in [0.2, 0.25) is 0 Å². The minimum absolute atomic E-state index is 0.790. The fourth-order valence-electron chi connectivity index (χ4n) is 2.00. The molecule has 84 valence electrons. The molecule has 15 heavy (non-hydrogen) atoms. The molecule has 1 fully saturated rings. The highest BCUT2D eigenvalue weighted by molar-refractivity contribution is 7.09. The Hall–Kier alpha value is -0.450. The van der Waals surface area contributed by atoms with Gasteiger partial charge in [-0.25, -0.2) is 4.98 Å². The number of thiazole rings is 1. The van der Waals surface area contributed by atoms with E-state index >= 15 is 0 Å². The van der Waals surface area contributed by atoms with Crippen molar-refractivity contribution >= 4 is 11.3 Å². The van der Waals surface area contributed by atoms with Crippen molar-refractivity contribution in [3.8, 4) is 0 Å². The highest BCUT2D eigenvalue weighted by Crippen LogP contribution is 2.15. The van der Waals surface area contributed by atoms with Gasteiger partial charge in [-0.3, -0.25) is 0 Å². The summed E-state index contributed by atoms with van der Waals surface area (Å²) in [6.45, 7) is 8.82. The Kier molecular flexibility index (Phi) is 3.72. The van der Waals surface area contributed by atoms with Crippen LogP contribution in [0.25, 0.3) is 0 Å². The maximum absolute atomic E-state index is 4.25. The van der Waals surface area contributed by atoms with Gasteiger partial charge in [-0.15, -0.1) is 11.3 Å². The molecule has 0 aliphatic carbocycles. The van der Waals surface area contributed by atoms with E-state index in [-0.39, 0.29) is 0 Å². The fourth-order valence-corrected chi connectivity index (χ4v) is 2.75. The van der Waals surface area contributed by atoms with Gasteiger partial charge in [0.05, 0.1) is 11.2 Å². The van der Waals surface area contributed by atoms with Crippen molar-refractivity contribution in [1.29, 1.82) is 0 Å². The van der Waals surface area contributed by atoms with Crippen molar-refractivity contribution in [2.75, 3.05) is 19.6 Å². The molecule has 1 saturated heterocycles. The van der Waals surface area contributed by atoms with Gasteiger partial charge < -0.3 is 10.6 Å². The third kappa shape index (κ3) is 2.77. The first kappa shape index (κ1) is 11.0. The van der Waals surface area contributed by atoms with E-state index < -0.39 is 0 Å². The van der Waals surface area contributed by atoms with Gasteiger partial charge >= 0.3 is 0 Å². The lowest BCUT2D eigenvalue weighted by molar-refractivity contribution is 0.420. The first-order valence-electron chi connectivity index (χ1n) is 5.57. The van der Waals surface area contributed by atoms with Crippen LogP contribution in [-0.4, -0.2) is 24.6 Å². The Morgan fingerprint density at radius 2 is 2.47 bits per heavy atom. The van der Waals surface area contributed by atoms with Crippen LogP contribution in [0.15, 0.2) is 5.51 Å². The zero-order valence-corrected chi connectivity index (χ0v) is 10.2. The van der Waals surface area contributed by atoms with Crippen molar-refractivity contribution < 1.29 is 0 Å². The number of nitrogens with zero attached hydrogens (tertiary/aromatic N) is 1. The van der Waals surface area contributed by atoms with Crippen LogP contribution in [-0.2, 0) is 6.54 Å². The maximum Gasteiger partial charge on any atom is 0.0798 e. The second-order valence-electron chi connectivity index (χ2n) is 4.39. The van der Waals surface area contributed by atoms with Crippen molar-refractivity contribution in [3.05, 3.63) is 16.1 Å². The maximum atomic E-state index is 4.25. The van der Waals surface area contributed by atoms with Crippen molar-refractivity contribution in [2.24, 2.45) is 11.8 Å². The van der Waals surface area contributed by atoms with Crippen molar-refractivity contribution in [3.63, 3.8) is 0 Å². The number of hydrogen-bond donors (Lipinski definition) is 2. The van der Waals surface area contributed by atoms with Crippen LogP contribution in [0.2, 0.25) is 0 Å². The molecule has 1 aliphatic rings. The first-order chi connectivity index (χ1) is 7.27. The fraction of sp³-hybridized carbons (Fsp3) is 0.727. The van der Waals surface area contributed by atoms with Crippen LogP contribution in [0, 0.1) is 18.8 Å². The Morgan fingerprint density at radius 1 is 1.60 bits per heavy atom. The summed E-state index contributed by atoms with van der Waals surface area (Å²) in [6.07, 6.45) is 0. The number of aromatic nitrogens is 1. The van der Waals surface area contributed by atoms with Crippen LogP contribution in [0.5, 0.6) is 0 Å². The third-order valence-electron chi connectivity index (χ3n) is 3.21. The lowest BCUT2D eigenvalue weighted by atomic mass is 9.98. The Balaban J connectivity index is 1.73. The monoisotopic (exact) mass is 225 g/mol. The van der Waals surface area contributed by atoms with Crippen LogP contribution in [0.1, 0.15) is 17.5 Å². The van der Waals surface area contributed by atoms with E-state index in [4.69, 9.17) is 0 Å². The summed E-state index contributed by atoms with van der Waals surface area (Å²) >= 11 is 1.74. The van der Waals surface area contributed by atoms with Crippen molar-refractivity contribution in [1.82, 2.24) is 15.6 Å². The van der Waals surface area contributed by atoms with Gasteiger partial charge in [-0.1, -0.05) is 6.92 Å². The smallest absolute Gasteiger partial charge is 0.0798 e. The predicted octanol–water partition coefficient (Wildman–Crippen LogP) is 1.40. The topological polar surface area (TPSA) is 37.0 Å². The summed E-state index contributed by atoms with van der Waals surface area (Å²) in [5.41, 5.74) is 3.09. The second kappa shape index (κ2) is 5.05. The standard InChI is InChI=1S/C11H19N3S/c1-8-3-12-4-10(8)5-13-6-11-9(2)14-7-15-11/h7-8,10,12-13H,3-6H2,1-2H3/t8-,10+/m1/s1. The van der Waals surface area contributed by atoms with E-state index in [1.807, 2.05) is 5.51 Å². The van der Waals surface area contributed by atoms with Crippen LogP contribution in [0.3, 0.4) is 0 Å². The van der Waals surface area contributed by atoms with E-state index in [1.54, 1.807) is 11.3 Å². The molecule has 1 aliphatic heterocycles. The number of nitrogens with one attached hydrogen (secondary N) is 2. The van der Waals surface area contributed by atoms with Crippen LogP contribution >= 0.6 is 11.3 Å². The molecule has 0 saturated carbocycles. The molecule has 0 amide bonds. The number of rotatable bonds is 4. The molecule has 0 bridgehead atoms. The summed E-state index contributed by atoms with van der Waals surface area (Å²) in [6, 6.07) is 0. The molecule has 0 unspecified atom stereocenters. The Morgan fingerprint density at radius 3 is 3.07 bits per heavy atom. The van der Waals surface area contributed by atoms with E-state index in [9.17, 15) is 0 Å². The minimum Gasteiger partial charge on any atom is -0.316 e. The summed E-state index contributed by atoms with van der Waals surface area (Å²) in [7, 11) is 0. The number of aryl methyl sites for hydroxylation is 1. The largest absolute Gasteiger partial charge is 0.316 e. The van der Waals surface area contributed by atoms with E-state index in [0.29, 0.717) is 0 Å². The highest BCUT2D eigenvalue weighted by Gasteiger charge is 2.22. The van der Waals surface area contributed by atoms with E-state index in [2.05, 4.69) is 29.5 Å². The van der Waals surface area contributed by atoms with Crippen LogP contribution in [0.4, 0.5) is 0 Å². The molecular formula is C11H19N3S. The molecule has 2 rings (SSSR count). The molecule has 2 heterocycles. The Labute approximate surface area is 95.3 Å². The van der Waals surface area contributed by atoms with Gasteiger partial charge in [0, 0.05) is 11.4 Å². The quantitative estimate of drug-likeness (QED) is 0.813. The van der Waals surface area contributed by atoms with E-state index in [1.165, 1.54) is 17.1 Å². The normalized spacial score (nSPS) is 26.0. The van der Waals surface area contributed by atoms with E-state index in [0.717, 1.165) is 31.5 Å². The minimum atomic E-state index is 0.790. The molecule has 1 aromatic rings. The Bertz CT molecular complexity index is 311. The lowest BCUT2D eigenvalue weighted by Crippen LogP contribution is -2.26. The summed E-state index contributed by atoms with van der Waals surface area (Å²) in [4.78, 5) is 5.62. The third-order valence-corrected chi connectivity index (χ3v) is 4.15. The molecular weight excluding hydrogens is 206 g/mol. The predicted molar refractivity (Wildman–Crippen MR) is 64.1 cm³/mol. The zero-order valence-electron chi connectivity index (χ0n) is 9.42. The van der Waals surface area contributed by atoms with Gasteiger partial charge in [-0.2, -0.15) is 0 Å². The molecule has 0 radical (unpaired) electrons. The highest BCUT2D eigenvalue weighted by atomic mass is 32.1. The zero-order chi connectivity index (χ0) is 10.7. The molecule has 3 nitrogen and oxygen atoms in total. The summed E-state index contributed by atoms with van der Waals surface area (Å²) in [5, 5.41) is 6.96. The second-order valence-corrected chi connectivity index (χ2v) is 5.33. The van der Waals surface area contributed by atoms with Gasteiger partial charge in [0.1, 0.15) is 0 Å². The molecule has 2 atom stereocenters. The lowest BCUT2D eigenvalue weighted by Gasteiger charge is -2.14. The molecule has 0 spiro atoms. The van der Waals surface area contributed by atoms with Crippen molar-refractivity contribution in [2.45, 2.75) is 20.4 Å². The molecule has 4 heteroatoms. The summed E-state index contributed by atoms with van der Waals surface area (Å²) in [5.74, 6) is 1.60. The molecule has 1 aromatic heterocycles. The van der Waals surface area contributed by atoms with Gasteiger partial charge in [0.25, 0.3) is 0 Å². The average molecular weight is 225 g/mol. The molecule has 0 aromatic carbocycles. The van der Waals surface area contributed by atoms with Crippen LogP contribution < -0.4 is 10.6 Å². The number of hydrogen-bond acceptors (Lipinski definition) is 4. The molecule has 2 N–H and O–H groups in total. The van der Waals surface area contributed by atoms with Gasteiger partial charge in [-0.05, 0) is 38.4 Å². The van der Waals surface area contributed by atoms with Gasteiger partial charge in [0.15, 0.2) is 0 Å².